The van der Waals surface area contributed by atoms with E-state index in [1.54, 1.807) is 0 Å². The molecule has 0 bridgehead atoms. The second-order valence-electron chi connectivity index (χ2n) is 6.99. The van der Waals surface area contributed by atoms with Crippen LogP contribution in [0.2, 0.25) is 0 Å². The van der Waals surface area contributed by atoms with E-state index in [-0.39, 0.29) is 12.0 Å². The summed E-state index contributed by atoms with van der Waals surface area (Å²) in [7, 11) is 1.46. The van der Waals surface area contributed by atoms with E-state index in [2.05, 4.69) is 23.7 Å². The lowest BCUT2D eigenvalue weighted by Crippen LogP contribution is -2.37. The standard InChI is InChI=1S/C22H32N2O3/c1-5-17(2)16-23-18(3)19-9-11-20(12-10-19)27-15-7-14-24-13-6-8-21(24)22(25)26-4/h9-12,16,21H,5-8,13-15H2,1-4H3/b17-16+,23-18?/t21-/m0/s1. The van der Waals surface area contributed by atoms with Crippen LogP contribution in [0.1, 0.15) is 52.0 Å². The fraction of sp³-hybridized carbons (Fsp3) is 0.545. The molecule has 0 N–H and O–H groups in total. The number of aliphatic imine (C=N–C) groups is 1. The monoisotopic (exact) mass is 372 g/mol. The summed E-state index contributed by atoms with van der Waals surface area (Å²) in [6.45, 7) is 8.68. The largest absolute Gasteiger partial charge is 0.494 e. The zero-order valence-corrected chi connectivity index (χ0v) is 17.0. The molecular formula is C22H32N2O3. The molecule has 1 fully saturated rings. The molecule has 0 amide bonds. The molecule has 1 saturated heterocycles. The predicted molar refractivity (Wildman–Crippen MR) is 109 cm³/mol. The van der Waals surface area contributed by atoms with Crippen molar-refractivity contribution in [2.24, 2.45) is 4.99 Å². The Morgan fingerprint density at radius 3 is 2.70 bits per heavy atom. The van der Waals surface area contributed by atoms with Crippen molar-refractivity contribution in [1.29, 1.82) is 0 Å². The molecular weight excluding hydrogens is 340 g/mol. The summed E-state index contributed by atoms with van der Waals surface area (Å²) in [5.41, 5.74) is 3.36. The van der Waals surface area contributed by atoms with Gasteiger partial charge >= 0.3 is 5.97 Å². The Morgan fingerprint density at radius 2 is 2.04 bits per heavy atom. The number of carbonyl (C=O) groups excluding carboxylic acids is 1. The van der Waals surface area contributed by atoms with Crippen molar-refractivity contribution in [3.05, 3.63) is 41.6 Å². The normalized spacial score (nSPS) is 18.6. The van der Waals surface area contributed by atoms with Gasteiger partial charge in [0.05, 0.1) is 13.7 Å². The van der Waals surface area contributed by atoms with Crippen molar-refractivity contribution in [2.45, 2.75) is 52.5 Å². The molecule has 0 aromatic heterocycles. The maximum Gasteiger partial charge on any atom is 0.323 e. The topological polar surface area (TPSA) is 51.1 Å². The first-order chi connectivity index (χ1) is 13.0. The van der Waals surface area contributed by atoms with Gasteiger partial charge in [0.2, 0.25) is 0 Å². The van der Waals surface area contributed by atoms with E-state index in [1.165, 1.54) is 12.7 Å². The summed E-state index contributed by atoms with van der Waals surface area (Å²) in [6, 6.07) is 7.96. The lowest BCUT2D eigenvalue weighted by Gasteiger charge is -2.22. The van der Waals surface area contributed by atoms with Crippen LogP contribution in [0.15, 0.2) is 41.0 Å². The van der Waals surface area contributed by atoms with Crippen LogP contribution in [-0.4, -0.2) is 49.4 Å². The fourth-order valence-electron chi connectivity index (χ4n) is 3.12. The number of rotatable bonds is 9. The number of hydrogen-bond acceptors (Lipinski definition) is 5. The summed E-state index contributed by atoms with van der Waals surface area (Å²) in [4.78, 5) is 18.5. The van der Waals surface area contributed by atoms with E-state index in [0.29, 0.717) is 6.61 Å². The van der Waals surface area contributed by atoms with Crippen LogP contribution >= 0.6 is 0 Å². The Balaban J connectivity index is 1.78. The Hall–Kier alpha value is -2.14. The van der Waals surface area contributed by atoms with E-state index in [0.717, 1.165) is 55.8 Å². The van der Waals surface area contributed by atoms with Crippen LogP contribution in [0, 0.1) is 0 Å². The summed E-state index contributed by atoms with van der Waals surface area (Å²) in [5.74, 6) is 0.739. The number of likely N-dealkylation sites (tertiary alicyclic amines) is 1. The number of benzene rings is 1. The lowest BCUT2D eigenvalue weighted by molar-refractivity contribution is -0.145. The first-order valence-electron chi connectivity index (χ1n) is 9.80. The van der Waals surface area contributed by atoms with Crippen molar-refractivity contribution in [1.82, 2.24) is 4.90 Å². The van der Waals surface area contributed by atoms with Crippen LogP contribution in [0.3, 0.4) is 0 Å². The summed E-state index contributed by atoms with van der Waals surface area (Å²) >= 11 is 0. The Kier molecular flexibility index (Phi) is 8.52. The van der Waals surface area contributed by atoms with Crippen molar-refractivity contribution in [3.8, 4) is 5.75 Å². The summed E-state index contributed by atoms with van der Waals surface area (Å²) < 4.78 is 10.7. The van der Waals surface area contributed by atoms with Crippen molar-refractivity contribution >= 4 is 11.7 Å². The molecule has 5 nitrogen and oxygen atoms in total. The summed E-state index contributed by atoms with van der Waals surface area (Å²) in [5, 5.41) is 0. The van der Waals surface area contributed by atoms with Crippen LogP contribution in [0.5, 0.6) is 5.75 Å². The van der Waals surface area contributed by atoms with Gasteiger partial charge in [0.1, 0.15) is 11.8 Å². The molecule has 2 rings (SSSR count). The predicted octanol–water partition coefficient (Wildman–Crippen LogP) is 4.22. The maximum atomic E-state index is 11.8. The van der Waals surface area contributed by atoms with Gasteiger partial charge < -0.3 is 9.47 Å². The highest BCUT2D eigenvalue weighted by atomic mass is 16.5. The third kappa shape index (κ3) is 6.51. The Bertz CT molecular complexity index is 665. The molecule has 0 spiro atoms. The average molecular weight is 373 g/mol. The minimum Gasteiger partial charge on any atom is -0.494 e. The second kappa shape index (κ2) is 10.9. The van der Waals surface area contributed by atoms with Gasteiger partial charge in [0, 0.05) is 18.5 Å². The molecule has 27 heavy (non-hydrogen) atoms. The van der Waals surface area contributed by atoms with E-state index in [1.807, 2.05) is 37.4 Å². The van der Waals surface area contributed by atoms with Crippen LogP contribution in [0.25, 0.3) is 0 Å². The highest BCUT2D eigenvalue weighted by Gasteiger charge is 2.30. The van der Waals surface area contributed by atoms with Gasteiger partial charge in [0.25, 0.3) is 0 Å². The van der Waals surface area contributed by atoms with E-state index in [4.69, 9.17) is 9.47 Å². The van der Waals surface area contributed by atoms with Crippen molar-refractivity contribution in [3.63, 3.8) is 0 Å². The minimum absolute atomic E-state index is 0.0815. The molecule has 1 aliphatic rings. The molecule has 5 heteroatoms. The number of esters is 1. The molecule has 1 atom stereocenters. The summed E-state index contributed by atoms with van der Waals surface area (Å²) in [6.07, 6.45) is 5.77. The highest BCUT2D eigenvalue weighted by Crippen LogP contribution is 2.19. The fourth-order valence-corrected chi connectivity index (χ4v) is 3.12. The quantitative estimate of drug-likeness (QED) is 0.370. The van der Waals surface area contributed by atoms with Crippen LogP contribution in [-0.2, 0) is 9.53 Å². The molecule has 1 aromatic rings. The molecule has 0 aliphatic carbocycles. The Morgan fingerprint density at radius 1 is 1.30 bits per heavy atom. The molecule has 0 radical (unpaired) electrons. The number of allylic oxidation sites excluding steroid dienone is 1. The van der Waals surface area contributed by atoms with E-state index >= 15 is 0 Å². The zero-order chi connectivity index (χ0) is 19.6. The van der Waals surface area contributed by atoms with Gasteiger partial charge in [-0.3, -0.25) is 14.7 Å². The third-order valence-electron chi connectivity index (χ3n) is 5.00. The second-order valence-corrected chi connectivity index (χ2v) is 6.99. The number of hydrogen-bond donors (Lipinski definition) is 0. The molecule has 1 heterocycles. The highest BCUT2D eigenvalue weighted by molar-refractivity contribution is 5.99. The molecule has 148 valence electrons. The Labute approximate surface area is 163 Å². The van der Waals surface area contributed by atoms with Gasteiger partial charge in [-0.05, 0) is 75.9 Å². The van der Waals surface area contributed by atoms with Crippen molar-refractivity contribution in [2.75, 3.05) is 26.8 Å². The SMILES string of the molecule is CC/C(C)=C/N=C(C)c1ccc(OCCCN2CCC[C@H]2C(=O)OC)cc1. The van der Waals surface area contributed by atoms with E-state index < -0.39 is 0 Å². The van der Waals surface area contributed by atoms with Crippen LogP contribution < -0.4 is 4.74 Å². The minimum atomic E-state index is -0.120. The molecule has 1 aromatic carbocycles. The number of carbonyl (C=O) groups is 1. The molecule has 0 saturated carbocycles. The average Bonchev–Trinajstić information content (AvgIpc) is 3.17. The van der Waals surface area contributed by atoms with Gasteiger partial charge in [-0.15, -0.1) is 0 Å². The number of nitrogens with zero attached hydrogens (tertiary/aromatic N) is 2. The van der Waals surface area contributed by atoms with Gasteiger partial charge in [-0.1, -0.05) is 12.5 Å². The van der Waals surface area contributed by atoms with Crippen LogP contribution in [0.4, 0.5) is 0 Å². The third-order valence-corrected chi connectivity index (χ3v) is 5.00. The smallest absolute Gasteiger partial charge is 0.323 e. The van der Waals surface area contributed by atoms with Gasteiger partial charge in [0.15, 0.2) is 0 Å². The zero-order valence-electron chi connectivity index (χ0n) is 17.0. The van der Waals surface area contributed by atoms with Gasteiger partial charge in [-0.25, -0.2) is 0 Å². The molecule has 0 unspecified atom stereocenters. The van der Waals surface area contributed by atoms with Crippen molar-refractivity contribution < 1.29 is 14.3 Å². The maximum absolute atomic E-state index is 11.8. The lowest BCUT2D eigenvalue weighted by atomic mass is 10.1. The number of methoxy groups -OCH3 is 1. The van der Waals surface area contributed by atoms with Gasteiger partial charge in [-0.2, -0.15) is 0 Å². The number of ether oxygens (including phenoxy) is 2. The molecule has 1 aliphatic heterocycles. The van der Waals surface area contributed by atoms with E-state index in [9.17, 15) is 4.79 Å². The first-order valence-corrected chi connectivity index (χ1v) is 9.80. The first kappa shape index (κ1) is 21.2.